The van der Waals surface area contributed by atoms with Crippen molar-refractivity contribution in [2.24, 2.45) is 10.7 Å². The lowest BCUT2D eigenvalue weighted by atomic mass is 10.0. The van der Waals surface area contributed by atoms with Gasteiger partial charge < -0.3 is 35.7 Å². The zero-order chi connectivity index (χ0) is 24.5. The van der Waals surface area contributed by atoms with Gasteiger partial charge >= 0.3 is 0 Å². The molecule has 176 valence electrons. The maximum absolute atomic E-state index is 13.2. The third-order valence-corrected chi connectivity index (χ3v) is 5.02. The third-order valence-electron chi connectivity index (χ3n) is 5.02. The standard InChI is InChI=1S/C25H26N4O5/c1-33-20-13-10-18(14-21(20)34-2)22(24(30)27-15-16-6-4-3-5-7-16)28-19-11-8-17(9-12-19)23(26)29-25(31)32/h3-14,22,28H,15H2,1-2H3,(H2,26,29)(H,27,30)(H,31,32)/p-1. The third kappa shape index (κ3) is 6.26. The summed E-state index contributed by atoms with van der Waals surface area (Å²) < 4.78 is 10.7. The van der Waals surface area contributed by atoms with Crippen LogP contribution < -0.4 is 30.9 Å². The number of benzene rings is 3. The maximum atomic E-state index is 13.2. The molecule has 0 saturated carbocycles. The molecule has 9 nitrogen and oxygen atoms in total. The summed E-state index contributed by atoms with van der Waals surface area (Å²) >= 11 is 0. The highest BCUT2D eigenvalue weighted by molar-refractivity contribution is 6.02. The first-order chi connectivity index (χ1) is 16.4. The number of amides is 2. The number of ether oxygens (including phenoxy) is 2. The van der Waals surface area contributed by atoms with Gasteiger partial charge in [0, 0.05) is 17.8 Å². The van der Waals surface area contributed by atoms with Gasteiger partial charge in [-0.05, 0) is 47.5 Å². The van der Waals surface area contributed by atoms with Gasteiger partial charge in [-0.2, -0.15) is 0 Å². The van der Waals surface area contributed by atoms with Crippen molar-refractivity contribution in [2.75, 3.05) is 19.5 Å². The summed E-state index contributed by atoms with van der Waals surface area (Å²) in [6.07, 6.45) is -1.62. The summed E-state index contributed by atoms with van der Waals surface area (Å²) in [5, 5.41) is 16.8. The number of anilines is 1. The Morgan fingerprint density at radius 2 is 1.65 bits per heavy atom. The molecule has 1 unspecified atom stereocenters. The molecule has 0 aliphatic heterocycles. The molecule has 2 amide bonds. The molecule has 34 heavy (non-hydrogen) atoms. The number of nitrogens with two attached hydrogens (primary N) is 1. The SMILES string of the molecule is COc1ccc(C(Nc2ccc(/C(N)=N/C(=O)[O-])cc2)C(=O)NCc2ccccc2)cc1OC. The molecule has 4 N–H and O–H groups in total. The molecule has 0 aliphatic carbocycles. The van der Waals surface area contributed by atoms with E-state index in [-0.39, 0.29) is 11.7 Å². The van der Waals surface area contributed by atoms with Crippen LogP contribution in [-0.4, -0.2) is 32.1 Å². The Morgan fingerprint density at radius 1 is 0.971 bits per heavy atom. The Bertz CT molecular complexity index is 1160. The van der Waals surface area contributed by atoms with Crippen molar-refractivity contribution in [1.82, 2.24) is 5.32 Å². The minimum atomic E-state index is -1.62. The van der Waals surface area contributed by atoms with Gasteiger partial charge in [0.1, 0.15) is 11.9 Å². The molecular weight excluding hydrogens is 436 g/mol. The Kier molecular flexibility index (Phi) is 8.07. The number of methoxy groups -OCH3 is 2. The summed E-state index contributed by atoms with van der Waals surface area (Å²) in [5.74, 6) is 0.604. The molecule has 0 aliphatic rings. The molecule has 0 bridgehead atoms. The summed E-state index contributed by atoms with van der Waals surface area (Å²) in [6.45, 7) is 0.361. The molecular formula is C25H25N4O5-. The zero-order valence-electron chi connectivity index (χ0n) is 18.8. The van der Waals surface area contributed by atoms with Crippen molar-refractivity contribution in [1.29, 1.82) is 0 Å². The van der Waals surface area contributed by atoms with Crippen molar-refractivity contribution >= 4 is 23.5 Å². The fraction of sp³-hybridized carbons (Fsp3) is 0.160. The minimum Gasteiger partial charge on any atom is -0.528 e. The van der Waals surface area contributed by atoms with E-state index in [1.54, 1.807) is 42.5 Å². The lowest BCUT2D eigenvalue weighted by molar-refractivity contribution is -0.245. The number of aliphatic imine (C=N–C) groups is 1. The fourth-order valence-electron chi connectivity index (χ4n) is 3.29. The predicted octanol–water partition coefficient (Wildman–Crippen LogP) is 2.22. The fourth-order valence-corrected chi connectivity index (χ4v) is 3.29. The molecule has 0 radical (unpaired) electrons. The van der Waals surface area contributed by atoms with Crippen molar-refractivity contribution in [3.63, 3.8) is 0 Å². The van der Waals surface area contributed by atoms with E-state index in [4.69, 9.17) is 15.2 Å². The second kappa shape index (κ2) is 11.4. The van der Waals surface area contributed by atoms with E-state index in [0.29, 0.717) is 34.9 Å². The average molecular weight is 461 g/mol. The first kappa shape index (κ1) is 24.1. The number of rotatable bonds is 9. The van der Waals surface area contributed by atoms with Crippen LogP contribution in [0.15, 0.2) is 77.8 Å². The monoisotopic (exact) mass is 461 g/mol. The van der Waals surface area contributed by atoms with E-state index in [1.807, 2.05) is 30.3 Å². The number of carbonyl (C=O) groups is 2. The van der Waals surface area contributed by atoms with Gasteiger partial charge in [-0.1, -0.05) is 36.4 Å². The van der Waals surface area contributed by atoms with Crippen molar-refractivity contribution in [3.05, 3.63) is 89.5 Å². The molecule has 0 aromatic heterocycles. The largest absolute Gasteiger partial charge is 0.528 e. The number of nitrogens with one attached hydrogen (secondary N) is 2. The van der Waals surface area contributed by atoms with Crippen LogP contribution in [0.5, 0.6) is 11.5 Å². The number of hydrogen-bond acceptors (Lipinski definition) is 6. The molecule has 3 aromatic rings. The van der Waals surface area contributed by atoms with E-state index >= 15 is 0 Å². The van der Waals surface area contributed by atoms with Crippen molar-refractivity contribution in [2.45, 2.75) is 12.6 Å². The van der Waals surface area contributed by atoms with Crippen LogP contribution >= 0.6 is 0 Å². The highest BCUT2D eigenvalue weighted by atomic mass is 16.5. The lowest BCUT2D eigenvalue weighted by Crippen LogP contribution is -2.33. The van der Waals surface area contributed by atoms with Gasteiger partial charge in [-0.15, -0.1) is 0 Å². The number of amidine groups is 1. The van der Waals surface area contributed by atoms with Crippen LogP contribution in [-0.2, 0) is 11.3 Å². The Labute approximate surface area is 197 Å². The number of nitrogens with zero attached hydrogens (tertiary/aromatic N) is 1. The number of hydrogen-bond donors (Lipinski definition) is 3. The second-order valence-corrected chi connectivity index (χ2v) is 7.24. The summed E-state index contributed by atoms with van der Waals surface area (Å²) in [5.41, 5.74) is 8.30. The van der Waals surface area contributed by atoms with Gasteiger partial charge in [0.2, 0.25) is 5.91 Å². The van der Waals surface area contributed by atoms with Crippen LogP contribution in [0.3, 0.4) is 0 Å². The number of carboxylic acid groups (broad SMARTS) is 1. The molecule has 3 aromatic carbocycles. The molecule has 0 fully saturated rings. The van der Waals surface area contributed by atoms with Crippen LogP contribution in [0.4, 0.5) is 10.5 Å². The summed E-state index contributed by atoms with van der Waals surface area (Å²) in [7, 11) is 3.06. The summed E-state index contributed by atoms with van der Waals surface area (Å²) in [6, 6.07) is 20.6. The van der Waals surface area contributed by atoms with Gasteiger partial charge in [0.25, 0.3) is 0 Å². The van der Waals surface area contributed by atoms with E-state index in [9.17, 15) is 14.7 Å². The quantitative estimate of drug-likeness (QED) is 0.328. The van der Waals surface area contributed by atoms with Gasteiger partial charge in [-0.25, -0.2) is 4.99 Å². The molecule has 3 rings (SSSR count). The van der Waals surface area contributed by atoms with E-state index in [1.165, 1.54) is 14.2 Å². The van der Waals surface area contributed by atoms with Crippen LogP contribution in [0.1, 0.15) is 22.7 Å². The lowest BCUT2D eigenvalue weighted by Gasteiger charge is -2.21. The highest BCUT2D eigenvalue weighted by Crippen LogP contribution is 2.31. The first-order valence-electron chi connectivity index (χ1n) is 10.4. The second-order valence-electron chi connectivity index (χ2n) is 7.24. The smallest absolute Gasteiger partial charge is 0.247 e. The topological polar surface area (TPSA) is 138 Å². The number of carbonyl (C=O) groups excluding carboxylic acids is 2. The van der Waals surface area contributed by atoms with Gasteiger partial charge in [-0.3, -0.25) is 4.79 Å². The Morgan fingerprint density at radius 3 is 2.26 bits per heavy atom. The molecule has 9 heteroatoms. The predicted molar refractivity (Wildman–Crippen MR) is 127 cm³/mol. The first-order valence-corrected chi connectivity index (χ1v) is 10.4. The minimum absolute atomic E-state index is 0.177. The van der Waals surface area contributed by atoms with E-state index < -0.39 is 12.1 Å². The van der Waals surface area contributed by atoms with Gasteiger partial charge in [0.05, 0.1) is 14.2 Å². The molecule has 1 atom stereocenters. The maximum Gasteiger partial charge on any atom is 0.247 e. The van der Waals surface area contributed by atoms with E-state index in [2.05, 4.69) is 15.6 Å². The van der Waals surface area contributed by atoms with Gasteiger partial charge in [0.15, 0.2) is 17.6 Å². The Balaban J connectivity index is 1.87. The normalized spacial score (nSPS) is 11.9. The van der Waals surface area contributed by atoms with Crippen LogP contribution in [0, 0.1) is 0 Å². The molecule has 0 saturated heterocycles. The van der Waals surface area contributed by atoms with Crippen LogP contribution in [0.2, 0.25) is 0 Å². The van der Waals surface area contributed by atoms with Crippen LogP contribution in [0.25, 0.3) is 0 Å². The molecule has 0 heterocycles. The zero-order valence-corrected chi connectivity index (χ0v) is 18.8. The highest BCUT2D eigenvalue weighted by Gasteiger charge is 2.22. The van der Waals surface area contributed by atoms with Crippen molar-refractivity contribution in [3.8, 4) is 11.5 Å². The molecule has 0 spiro atoms. The average Bonchev–Trinajstić information content (AvgIpc) is 2.86. The summed E-state index contributed by atoms with van der Waals surface area (Å²) in [4.78, 5) is 27.0. The van der Waals surface area contributed by atoms with Crippen molar-refractivity contribution < 1.29 is 24.2 Å². The Hall–Kier alpha value is -4.53. The van der Waals surface area contributed by atoms with E-state index in [0.717, 1.165) is 5.56 Å².